The number of aliphatic hydroxyl groups is 1. The Hall–Kier alpha value is -1.69. The van der Waals surface area contributed by atoms with Crippen LogP contribution in [0.15, 0.2) is 23.7 Å². The van der Waals surface area contributed by atoms with Crippen LogP contribution in [0.5, 0.6) is 0 Å². The molecule has 2 aliphatic rings. The number of nitrogens with zero attached hydrogens (tertiary/aromatic N) is 1. The van der Waals surface area contributed by atoms with Gasteiger partial charge in [0.05, 0.1) is 11.5 Å². The number of hydrogen-bond donors (Lipinski definition) is 4. The van der Waals surface area contributed by atoms with Crippen molar-refractivity contribution in [1.29, 1.82) is 0 Å². The highest BCUT2D eigenvalue weighted by molar-refractivity contribution is 5.92. The number of hydrogen-bond acceptors (Lipinski definition) is 5. The molecule has 2 rings (SSSR count). The van der Waals surface area contributed by atoms with Gasteiger partial charge in [0.25, 0.3) is 5.91 Å². The summed E-state index contributed by atoms with van der Waals surface area (Å²) in [5, 5.41) is 12.1. The van der Waals surface area contributed by atoms with Gasteiger partial charge in [-0.2, -0.15) is 0 Å². The fourth-order valence-corrected chi connectivity index (χ4v) is 3.25. The number of carbonyl (C=O) groups is 1. The highest BCUT2D eigenvalue weighted by Crippen LogP contribution is 2.19. The molecule has 130 valence electrons. The van der Waals surface area contributed by atoms with Crippen molar-refractivity contribution in [3.05, 3.63) is 23.7 Å². The summed E-state index contributed by atoms with van der Waals surface area (Å²) in [6, 6.07) is 0.252. The van der Waals surface area contributed by atoms with Crippen LogP contribution >= 0.6 is 0 Å². The molecule has 1 heterocycles. The molecule has 23 heavy (non-hydrogen) atoms. The van der Waals surface area contributed by atoms with E-state index in [1.807, 2.05) is 0 Å². The lowest BCUT2D eigenvalue weighted by Gasteiger charge is -2.32. The van der Waals surface area contributed by atoms with Crippen LogP contribution in [-0.2, 0) is 4.79 Å². The maximum absolute atomic E-state index is 12.1. The minimum Gasteiger partial charge on any atom is -0.396 e. The van der Waals surface area contributed by atoms with Gasteiger partial charge in [-0.25, -0.2) is 0 Å². The first-order valence-electron chi connectivity index (χ1n) is 8.69. The SMILES string of the molecule is N/C(=C\C=C(/N)N1CCC(CO)CC1)C(=O)NC1CCCCC1. The Balaban J connectivity index is 1.83. The second-order valence-electron chi connectivity index (χ2n) is 6.63. The maximum atomic E-state index is 12.1. The average Bonchev–Trinajstić information content (AvgIpc) is 2.60. The number of rotatable bonds is 5. The molecule has 0 aromatic carbocycles. The molecular weight excluding hydrogens is 292 g/mol. The second-order valence-corrected chi connectivity index (χ2v) is 6.63. The summed E-state index contributed by atoms with van der Waals surface area (Å²) in [6.45, 7) is 1.90. The smallest absolute Gasteiger partial charge is 0.267 e. The van der Waals surface area contributed by atoms with E-state index >= 15 is 0 Å². The van der Waals surface area contributed by atoms with E-state index in [4.69, 9.17) is 16.6 Å². The number of amides is 1. The van der Waals surface area contributed by atoms with Gasteiger partial charge in [-0.15, -0.1) is 0 Å². The lowest BCUT2D eigenvalue weighted by molar-refractivity contribution is -0.118. The molecule has 6 N–H and O–H groups in total. The van der Waals surface area contributed by atoms with Crippen LogP contribution < -0.4 is 16.8 Å². The molecule has 1 saturated heterocycles. The Morgan fingerprint density at radius 1 is 1.09 bits per heavy atom. The van der Waals surface area contributed by atoms with Gasteiger partial charge < -0.3 is 26.8 Å². The molecule has 1 aliphatic heterocycles. The zero-order valence-electron chi connectivity index (χ0n) is 13.8. The normalized spacial score (nSPS) is 22.2. The largest absolute Gasteiger partial charge is 0.396 e. The number of nitrogens with one attached hydrogen (secondary N) is 1. The van der Waals surface area contributed by atoms with Crippen molar-refractivity contribution in [3.8, 4) is 0 Å². The van der Waals surface area contributed by atoms with Gasteiger partial charge in [0.1, 0.15) is 0 Å². The third-order valence-corrected chi connectivity index (χ3v) is 4.87. The number of likely N-dealkylation sites (tertiary alicyclic amines) is 1. The first-order valence-corrected chi connectivity index (χ1v) is 8.69. The molecule has 1 aliphatic carbocycles. The van der Waals surface area contributed by atoms with Crippen LogP contribution in [0.3, 0.4) is 0 Å². The van der Waals surface area contributed by atoms with Crippen molar-refractivity contribution >= 4 is 5.91 Å². The zero-order valence-corrected chi connectivity index (χ0v) is 13.8. The molecule has 0 spiro atoms. The van der Waals surface area contributed by atoms with Crippen molar-refractivity contribution in [2.75, 3.05) is 19.7 Å². The topological polar surface area (TPSA) is 105 Å². The molecule has 0 unspecified atom stereocenters. The van der Waals surface area contributed by atoms with Crippen molar-refractivity contribution in [2.45, 2.75) is 51.0 Å². The number of nitrogens with two attached hydrogens (primary N) is 2. The van der Waals surface area contributed by atoms with Crippen molar-refractivity contribution in [1.82, 2.24) is 10.2 Å². The number of carbonyl (C=O) groups excluding carboxylic acids is 1. The van der Waals surface area contributed by atoms with E-state index in [9.17, 15) is 4.79 Å². The lowest BCUT2D eigenvalue weighted by atomic mass is 9.95. The third-order valence-electron chi connectivity index (χ3n) is 4.87. The summed E-state index contributed by atoms with van der Waals surface area (Å²) in [4.78, 5) is 14.1. The summed E-state index contributed by atoms with van der Waals surface area (Å²) in [5.74, 6) is 0.788. The van der Waals surface area contributed by atoms with E-state index < -0.39 is 0 Å². The second kappa shape index (κ2) is 8.82. The maximum Gasteiger partial charge on any atom is 0.267 e. The van der Waals surface area contributed by atoms with Crippen LogP contribution in [-0.4, -0.2) is 41.7 Å². The van der Waals surface area contributed by atoms with Gasteiger partial charge in [-0.05, 0) is 43.8 Å². The molecule has 0 atom stereocenters. The average molecular weight is 322 g/mol. The molecule has 0 bridgehead atoms. The van der Waals surface area contributed by atoms with Gasteiger partial charge in [0.2, 0.25) is 0 Å². The van der Waals surface area contributed by atoms with Crippen LogP contribution in [0.1, 0.15) is 44.9 Å². The van der Waals surface area contributed by atoms with E-state index in [2.05, 4.69) is 10.2 Å². The monoisotopic (exact) mass is 322 g/mol. The highest BCUT2D eigenvalue weighted by atomic mass is 16.3. The lowest BCUT2D eigenvalue weighted by Crippen LogP contribution is -2.38. The van der Waals surface area contributed by atoms with Crippen LogP contribution in [0.4, 0.5) is 0 Å². The Morgan fingerprint density at radius 2 is 1.74 bits per heavy atom. The van der Waals surface area contributed by atoms with Crippen molar-refractivity contribution in [3.63, 3.8) is 0 Å². The Bertz CT molecular complexity index is 448. The van der Waals surface area contributed by atoms with Crippen LogP contribution in [0, 0.1) is 5.92 Å². The fourth-order valence-electron chi connectivity index (χ4n) is 3.25. The van der Waals surface area contributed by atoms with Gasteiger partial charge >= 0.3 is 0 Å². The van der Waals surface area contributed by atoms with Gasteiger partial charge in [-0.3, -0.25) is 4.79 Å². The predicted octanol–water partition coefficient (Wildman–Crippen LogP) is 0.782. The fraction of sp³-hybridized carbons (Fsp3) is 0.706. The molecule has 0 radical (unpaired) electrons. The van der Waals surface area contributed by atoms with E-state index in [1.165, 1.54) is 19.3 Å². The van der Waals surface area contributed by atoms with Gasteiger partial charge in [0.15, 0.2) is 0 Å². The van der Waals surface area contributed by atoms with Crippen molar-refractivity contribution < 1.29 is 9.90 Å². The zero-order chi connectivity index (χ0) is 16.7. The van der Waals surface area contributed by atoms with E-state index in [-0.39, 0.29) is 24.3 Å². The molecule has 6 nitrogen and oxygen atoms in total. The third kappa shape index (κ3) is 5.46. The van der Waals surface area contributed by atoms with Crippen LogP contribution in [0.2, 0.25) is 0 Å². The van der Waals surface area contributed by atoms with Gasteiger partial charge in [0, 0.05) is 25.7 Å². The van der Waals surface area contributed by atoms with E-state index in [0.29, 0.717) is 11.7 Å². The first-order chi connectivity index (χ1) is 11.1. The highest BCUT2D eigenvalue weighted by Gasteiger charge is 2.19. The quantitative estimate of drug-likeness (QED) is 0.442. The van der Waals surface area contributed by atoms with E-state index in [1.54, 1.807) is 12.2 Å². The summed E-state index contributed by atoms with van der Waals surface area (Å²) in [6.07, 6.45) is 10.8. The summed E-state index contributed by atoms with van der Waals surface area (Å²) >= 11 is 0. The molecule has 1 saturated carbocycles. The minimum absolute atomic E-state index is 0.198. The molecule has 1 amide bonds. The van der Waals surface area contributed by atoms with Crippen LogP contribution in [0.25, 0.3) is 0 Å². The number of allylic oxidation sites excluding steroid dienone is 2. The van der Waals surface area contributed by atoms with Crippen molar-refractivity contribution in [2.24, 2.45) is 17.4 Å². The molecule has 0 aromatic rings. The minimum atomic E-state index is -0.208. The standard InChI is InChI=1S/C17H30N4O2/c18-15(17(23)20-14-4-2-1-3-5-14)6-7-16(19)21-10-8-13(12-22)9-11-21/h6-7,13-14,22H,1-5,8-12,18-19H2,(H,20,23)/b15-6-,16-7+. The Labute approximate surface area is 138 Å². The summed E-state index contributed by atoms with van der Waals surface area (Å²) in [5.41, 5.74) is 12.1. The van der Waals surface area contributed by atoms with E-state index in [0.717, 1.165) is 38.8 Å². The Kier molecular flexibility index (Phi) is 6.77. The number of piperidine rings is 1. The summed E-state index contributed by atoms with van der Waals surface area (Å²) in [7, 11) is 0. The molecule has 6 heteroatoms. The molecular formula is C17H30N4O2. The Morgan fingerprint density at radius 3 is 2.35 bits per heavy atom. The number of aliphatic hydroxyl groups excluding tert-OH is 1. The summed E-state index contributed by atoms with van der Waals surface area (Å²) < 4.78 is 0. The molecule has 2 fully saturated rings. The predicted molar refractivity (Wildman–Crippen MR) is 90.9 cm³/mol. The van der Waals surface area contributed by atoms with Gasteiger partial charge in [-0.1, -0.05) is 19.3 Å². The first kappa shape index (κ1) is 17.7. The molecule has 0 aromatic heterocycles.